The van der Waals surface area contributed by atoms with Crippen molar-refractivity contribution < 1.29 is 29.0 Å². The van der Waals surface area contributed by atoms with Gasteiger partial charge in [0.1, 0.15) is 19.5 Å². The van der Waals surface area contributed by atoms with Gasteiger partial charge in [0, 0.05) is 0 Å². The van der Waals surface area contributed by atoms with Crippen LogP contribution in [0.3, 0.4) is 0 Å². The second-order valence-electron chi connectivity index (χ2n) is 2.39. The molecule has 7 nitrogen and oxygen atoms in total. The van der Waals surface area contributed by atoms with E-state index >= 15 is 0 Å². The van der Waals surface area contributed by atoms with E-state index in [1.54, 1.807) is 0 Å². The number of hydrogen-bond donors (Lipinski definition) is 1. The average molecular weight is 205 g/mol. The van der Waals surface area contributed by atoms with Gasteiger partial charge in [0.15, 0.2) is 0 Å². The van der Waals surface area contributed by atoms with Crippen LogP contribution < -0.4 is 0 Å². The summed E-state index contributed by atoms with van der Waals surface area (Å²) < 4.78 is 8.70. The van der Waals surface area contributed by atoms with Crippen molar-refractivity contribution >= 4 is 18.9 Å². The van der Waals surface area contributed by atoms with Crippen molar-refractivity contribution in [2.24, 2.45) is 0 Å². The maximum atomic E-state index is 10.5. The third kappa shape index (κ3) is 4.41. The predicted octanol–water partition coefficient (Wildman–Crippen LogP) is -0.977. The first-order valence-corrected chi connectivity index (χ1v) is 3.70. The molecule has 7 heteroatoms. The van der Waals surface area contributed by atoms with Gasteiger partial charge in [-0.3, -0.25) is 14.4 Å². The van der Waals surface area contributed by atoms with Gasteiger partial charge < -0.3 is 14.6 Å². The van der Waals surface area contributed by atoms with Gasteiger partial charge in [-0.25, -0.2) is 4.90 Å². The van der Waals surface area contributed by atoms with E-state index < -0.39 is 12.0 Å². The summed E-state index contributed by atoms with van der Waals surface area (Å²) in [4.78, 5) is 31.4. The number of carbonyl (C=O) groups is 3. The Morgan fingerprint density at radius 3 is 2.07 bits per heavy atom. The van der Waals surface area contributed by atoms with E-state index in [9.17, 15) is 14.4 Å². The van der Waals surface area contributed by atoms with Crippen molar-refractivity contribution in [2.75, 3.05) is 13.5 Å². The quantitative estimate of drug-likeness (QED) is 0.402. The highest BCUT2D eigenvalue weighted by molar-refractivity contribution is 5.72. The van der Waals surface area contributed by atoms with Gasteiger partial charge in [0.05, 0.1) is 0 Å². The highest BCUT2D eigenvalue weighted by Crippen LogP contribution is 1.98. The number of carboxylic acid groups (broad SMARTS) is 1. The van der Waals surface area contributed by atoms with Gasteiger partial charge in [0.25, 0.3) is 12.9 Å². The van der Waals surface area contributed by atoms with Crippen molar-refractivity contribution in [3.8, 4) is 0 Å². The van der Waals surface area contributed by atoms with Gasteiger partial charge in [-0.1, -0.05) is 0 Å². The Hall–Kier alpha value is -1.63. The van der Waals surface area contributed by atoms with Crippen LogP contribution in [0.1, 0.15) is 6.92 Å². The van der Waals surface area contributed by atoms with E-state index in [2.05, 4.69) is 9.47 Å². The Bertz CT molecular complexity index is 194. The molecule has 0 rings (SSSR count). The molecular weight excluding hydrogens is 194 g/mol. The van der Waals surface area contributed by atoms with Gasteiger partial charge in [0.2, 0.25) is 0 Å². The molecule has 0 aliphatic rings. The summed E-state index contributed by atoms with van der Waals surface area (Å²) in [6, 6.07) is -0.908. The minimum atomic E-state index is -1.10. The van der Waals surface area contributed by atoms with E-state index in [1.165, 1.54) is 6.92 Å². The molecule has 1 atom stereocenters. The molecule has 0 aromatic carbocycles. The fourth-order valence-corrected chi connectivity index (χ4v) is 0.669. The zero-order chi connectivity index (χ0) is 11.0. The highest BCUT2D eigenvalue weighted by Gasteiger charge is 2.20. The maximum Gasteiger partial charge on any atom is 0.320 e. The first-order chi connectivity index (χ1) is 6.63. The lowest BCUT2D eigenvalue weighted by Gasteiger charge is -2.22. The summed E-state index contributed by atoms with van der Waals surface area (Å²) in [7, 11) is 0. The number of rotatable bonds is 8. The average Bonchev–Trinajstić information content (AvgIpc) is 2.17. The molecule has 0 aliphatic heterocycles. The Morgan fingerprint density at radius 1 is 1.36 bits per heavy atom. The minimum absolute atomic E-state index is 0.183. The third-order valence-corrected chi connectivity index (χ3v) is 1.52. The molecule has 0 heterocycles. The largest absolute Gasteiger partial charge is 0.480 e. The van der Waals surface area contributed by atoms with Crippen molar-refractivity contribution in [1.82, 2.24) is 4.90 Å². The molecular formula is C7H11NO6. The Morgan fingerprint density at radius 2 is 1.79 bits per heavy atom. The normalized spacial score (nSPS) is 11.9. The van der Waals surface area contributed by atoms with Crippen LogP contribution in [-0.2, 0) is 23.9 Å². The Balaban J connectivity index is 4.13. The zero-order valence-electron chi connectivity index (χ0n) is 7.58. The van der Waals surface area contributed by atoms with Crippen molar-refractivity contribution in [1.29, 1.82) is 0 Å². The molecule has 0 aliphatic carbocycles. The molecule has 0 aromatic heterocycles. The number of carboxylic acids is 1. The molecule has 0 amide bonds. The molecule has 0 aromatic rings. The lowest BCUT2D eigenvalue weighted by Crippen LogP contribution is -2.41. The summed E-state index contributed by atoms with van der Waals surface area (Å²) in [5, 5.41) is 8.62. The van der Waals surface area contributed by atoms with Crippen LogP contribution >= 0.6 is 0 Å². The molecule has 0 bridgehead atoms. The predicted molar refractivity (Wildman–Crippen MR) is 43.0 cm³/mol. The van der Waals surface area contributed by atoms with E-state index in [-0.39, 0.29) is 26.4 Å². The molecule has 0 fully saturated rings. The molecule has 80 valence electrons. The number of nitrogens with zero attached hydrogens (tertiary/aromatic N) is 1. The Labute approximate surface area is 80.2 Å². The van der Waals surface area contributed by atoms with E-state index in [0.29, 0.717) is 0 Å². The maximum absolute atomic E-state index is 10.5. The molecule has 0 spiro atoms. The minimum Gasteiger partial charge on any atom is -0.480 e. The van der Waals surface area contributed by atoms with Crippen molar-refractivity contribution in [3.63, 3.8) is 0 Å². The van der Waals surface area contributed by atoms with Gasteiger partial charge in [-0.2, -0.15) is 0 Å². The molecule has 0 radical (unpaired) electrons. The summed E-state index contributed by atoms with van der Waals surface area (Å²) in [5.41, 5.74) is 0. The van der Waals surface area contributed by atoms with Gasteiger partial charge in [-0.05, 0) is 6.92 Å². The topological polar surface area (TPSA) is 93.1 Å². The van der Waals surface area contributed by atoms with Crippen LogP contribution in [0.4, 0.5) is 0 Å². The van der Waals surface area contributed by atoms with E-state index in [4.69, 9.17) is 5.11 Å². The second-order valence-corrected chi connectivity index (χ2v) is 2.39. The zero-order valence-corrected chi connectivity index (χ0v) is 7.58. The van der Waals surface area contributed by atoms with Crippen LogP contribution in [-0.4, -0.2) is 48.4 Å². The van der Waals surface area contributed by atoms with E-state index in [0.717, 1.165) is 4.90 Å². The van der Waals surface area contributed by atoms with Crippen molar-refractivity contribution in [3.05, 3.63) is 0 Å². The standard InChI is InChI=1S/C7H11NO6/c1-6(7(11)12)8(2-13-4-9)3-14-5-10/h4-6H,2-3H2,1H3,(H,11,12). The first kappa shape index (κ1) is 12.4. The summed E-state index contributed by atoms with van der Waals surface area (Å²) in [6.45, 7) is 1.26. The van der Waals surface area contributed by atoms with Crippen molar-refractivity contribution in [2.45, 2.75) is 13.0 Å². The number of hydrogen-bond acceptors (Lipinski definition) is 6. The fraction of sp³-hybridized carbons (Fsp3) is 0.571. The number of ether oxygens (including phenoxy) is 2. The molecule has 0 saturated heterocycles. The van der Waals surface area contributed by atoms with Crippen LogP contribution in [0.15, 0.2) is 0 Å². The summed E-state index contributed by atoms with van der Waals surface area (Å²) in [6.07, 6.45) is 0. The van der Waals surface area contributed by atoms with Crippen LogP contribution in [0, 0.1) is 0 Å². The highest BCUT2D eigenvalue weighted by atomic mass is 16.6. The number of carbonyl (C=O) groups excluding carboxylic acids is 2. The fourth-order valence-electron chi connectivity index (χ4n) is 0.669. The molecule has 1 unspecified atom stereocenters. The lowest BCUT2D eigenvalue weighted by molar-refractivity contribution is -0.156. The SMILES string of the molecule is CC(C(=O)O)N(COC=O)COC=O. The van der Waals surface area contributed by atoms with Crippen LogP contribution in [0.25, 0.3) is 0 Å². The van der Waals surface area contributed by atoms with Crippen LogP contribution in [0.5, 0.6) is 0 Å². The van der Waals surface area contributed by atoms with Gasteiger partial charge >= 0.3 is 5.97 Å². The third-order valence-electron chi connectivity index (χ3n) is 1.52. The molecule has 1 N–H and O–H groups in total. The summed E-state index contributed by atoms with van der Waals surface area (Å²) >= 11 is 0. The van der Waals surface area contributed by atoms with E-state index in [1.807, 2.05) is 0 Å². The number of aliphatic carboxylic acids is 1. The second kappa shape index (κ2) is 6.84. The Kier molecular flexibility index (Phi) is 6.04. The molecule has 0 saturated carbocycles. The van der Waals surface area contributed by atoms with Gasteiger partial charge in [-0.15, -0.1) is 0 Å². The summed E-state index contributed by atoms with van der Waals surface area (Å²) in [5.74, 6) is -1.10. The lowest BCUT2D eigenvalue weighted by atomic mass is 10.3. The molecule has 14 heavy (non-hydrogen) atoms. The first-order valence-electron chi connectivity index (χ1n) is 3.70. The smallest absolute Gasteiger partial charge is 0.320 e. The monoisotopic (exact) mass is 205 g/mol. The van der Waals surface area contributed by atoms with Crippen LogP contribution in [0.2, 0.25) is 0 Å².